The summed E-state index contributed by atoms with van der Waals surface area (Å²) in [5.74, 6) is -0.682. The first-order valence-electron chi connectivity index (χ1n) is 8.02. The highest BCUT2D eigenvalue weighted by Gasteiger charge is 2.33. The lowest BCUT2D eigenvalue weighted by atomic mass is 9.80. The van der Waals surface area contributed by atoms with Crippen molar-refractivity contribution in [3.05, 3.63) is 89.0 Å². The molecule has 0 amide bonds. The number of aromatic hydroxyl groups is 1. The van der Waals surface area contributed by atoms with Gasteiger partial charge in [-0.25, -0.2) is 0 Å². The number of rotatable bonds is 0. The van der Waals surface area contributed by atoms with Gasteiger partial charge in [-0.2, -0.15) is 0 Å². The van der Waals surface area contributed by atoms with E-state index in [1.807, 2.05) is 42.5 Å². The van der Waals surface area contributed by atoms with Crippen LogP contribution in [-0.4, -0.2) is 16.7 Å². The monoisotopic (exact) mass is 324 g/mol. The minimum absolute atomic E-state index is 0.0978. The largest absolute Gasteiger partial charge is 0.507 e. The van der Waals surface area contributed by atoms with Gasteiger partial charge in [0.25, 0.3) is 0 Å². The highest BCUT2D eigenvalue weighted by Crippen LogP contribution is 2.37. The van der Waals surface area contributed by atoms with Crippen LogP contribution in [0.5, 0.6) is 5.75 Å². The zero-order valence-corrected chi connectivity index (χ0v) is 13.1. The number of carbonyl (C=O) groups excluding carboxylic acids is 2. The summed E-state index contributed by atoms with van der Waals surface area (Å²) in [5.41, 5.74) is 1.13. The van der Waals surface area contributed by atoms with Crippen molar-refractivity contribution in [1.29, 1.82) is 0 Å². The molecular formula is C22H12O3. The first-order valence-corrected chi connectivity index (χ1v) is 8.02. The minimum Gasteiger partial charge on any atom is -0.507 e. The van der Waals surface area contributed by atoms with Gasteiger partial charge in [0.05, 0.1) is 5.56 Å². The second-order valence-electron chi connectivity index (χ2n) is 6.23. The van der Waals surface area contributed by atoms with Crippen LogP contribution in [0.4, 0.5) is 0 Å². The predicted molar refractivity (Wildman–Crippen MR) is 96.4 cm³/mol. The van der Waals surface area contributed by atoms with Gasteiger partial charge in [0.15, 0.2) is 11.6 Å². The molecule has 1 aliphatic carbocycles. The van der Waals surface area contributed by atoms with E-state index in [9.17, 15) is 14.7 Å². The van der Waals surface area contributed by atoms with E-state index in [-0.39, 0.29) is 28.4 Å². The summed E-state index contributed by atoms with van der Waals surface area (Å²) in [6, 6.07) is 20.0. The van der Waals surface area contributed by atoms with Crippen LogP contribution in [0.2, 0.25) is 0 Å². The smallest absolute Gasteiger partial charge is 0.198 e. The predicted octanol–water partition coefficient (Wildman–Crippen LogP) is 4.47. The van der Waals surface area contributed by atoms with Crippen molar-refractivity contribution < 1.29 is 14.7 Å². The Labute approximate surface area is 143 Å². The van der Waals surface area contributed by atoms with Crippen LogP contribution in [0.1, 0.15) is 31.8 Å². The van der Waals surface area contributed by atoms with Gasteiger partial charge in [-0.05, 0) is 33.7 Å². The van der Waals surface area contributed by atoms with E-state index in [0.29, 0.717) is 11.1 Å². The number of fused-ring (bicyclic) bond motifs is 6. The molecule has 0 saturated carbocycles. The molecule has 0 spiro atoms. The van der Waals surface area contributed by atoms with Gasteiger partial charge in [-0.3, -0.25) is 9.59 Å². The van der Waals surface area contributed by atoms with E-state index in [4.69, 9.17) is 0 Å². The fourth-order valence-electron chi connectivity index (χ4n) is 3.76. The van der Waals surface area contributed by atoms with Gasteiger partial charge >= 0.3 is 0 Å². The SMILES string of the molecule is O=C1c2cccc(O)c2C(=O)c2c1ccc1c2ccc2ccccc21. The quantitative estimate of drug-likeness (QED) is 0.427. The molecule has 25 heavy (non-hydrogen) atoms. The Morgan fingerprint density at radius 3 is 2.20 bits per heavy atom. The molecule has 3 nitrogen and oxygen atoms in total. The Morgan fingerprint density at radius 2 is 1.32 bits per heavy atom. The Kier molecular flexibility index (Phi) is 2.66. The Balaban J connectivity index is 1.93. The Morgan fingerprint density at radius 1 is 0.560 bits per heavy atom. The van der Waals surface area contributed by atoms with Crippen molar-refractivity contribution in [3.63, 3.8) is 0 Å². The number of ketones is 2. The van der Waals surface area contributed by atoms with E-state index in [2.05, 4.69) is 0 Å². The fraction of sp³-hybridized carbons (Fsp3) is 0. The Bertz CT molecular complexity index is 1230. The van der Waals surface area contributed by atoms with Crippen molar-refractivity contribution in [3.8, 4) is 5.75 Å². The van der Waals surface area contributed by atoms with Crippen LogP contribution < -0.4 is 0 Å². The summed E-state index contributed by atoms with van der Waals surface area (Å²) in [7, 11) is 0. The van der Waals surface area contributed by atoms with Crippen LogP contribution in [0.25, 0.3) is 21.5 Å². The molecule has 118 valence electrons. The topological polar surface area (TPSA) is 54.4 Å². The van der Waals surface area contributed by atoms with Crippen LogP contribution in [0.15, 0.2) is 66.7 Å². The van der Waals surface area contributed by atoms with Gasteiger partial charge < -0.3 is 5.11 Å². The highest BCUT2D eigenvalue weighted by atomic mass is 16.3. The molecule has 4 aromatic carbocycles. The highest BCUT2D eigenvalue weighted by molar-refractivity contribution is 6.33. The molecule has 4 aromatic rings. The second kappa shape index (κ2) is 4.77. The first-order chi connectivity index (χ1) is 12.2. The third-order valence-electron chi connectivity index (χ3n) is 4.91. The summed E-state index contributed by atoms with van der Waals surface area (Å²) in [6.07, 6.45) is 0. The van der Waals surface area contributed by atoms with Crippen molar-refractivity contribution >= 4 is 33.1 Å². The first kappa shape index (κ1) is 13.9. The molecule has 3 heteroatoms. The molecular weight excluding hydrogens is 312 g/mol. The summed E-state index contributed by atoms with van der Waals surface area (Å²) < 4.78 is 0. The number of phenolic OH excluding ortho intramolecular Hbond substituents is 1. The maximum Gasteiger partial charge on any atom is 0.198 e. The van der Waals surface area contributed by atoms with Crippen LogP contribution in [0, 0.1) is 0 Å². The summed E-state index contributed by atoms with van der Waals surface area (Å²) in [4.78, 5) is 26.0. The zero-order valence-electron chi connectivity index (χ0n) is 13.1. The summed E-state index contributed by atoms with van der Waals surface area (Å²) >= 11 is 0. The molecule has 1 N–H and O–H groups in total. The maximum absolute atomic E-state index is 13.1. The van der Waals surface area contributed by atoms with Gasteiger partial charge in [-0.15, -0.1) is 0 Å². The lowest BCUT2D eigenvalue weighted by molar-refractivity contribution is 0.0978. The van der Waals surface area contributed by atoms with Gasteiger partial charge in [0, 0.05) is 16.7 Å². The molecule has 0 aromatic heterocycles. The van der Waals surface area contributed by atoms with Crippen molar-refractivity contribution in [1.82, 2.24) is 0 Å². The molecule has 5 rings (SSSR count). The molecule has 0 unspecified atom stereocenters. The molecule has 0 bridgehead atoms. The van der Waals surface area contributed by atoms with Crippen LogP contribution in [-0.2, 0) is 0 Å². The molecule has 0 fully saturated rings. The molecule has 0 radical (unpaired) electrons. The second-order valence-corrected chi connectivity index (χ2v) is 6.23. The fourth-order valence-corrected chi connectivity index (χ4v) is 3.76. The normalized spacial score (nSPS) is 13.1. The number of hydrogen-bond donors (Lipinski definition) is 1. The number of carbonyl (C=O) groups is 2. The van der Waals surface area contributed by atoms with E-state index >= 15 is 0 Å². The summed E-state index contributed by atoms with van der Waals surface area (Å²) in [5, 5.41) is 13.9. The van der Waals surface area contributed by atoms with Gasteiger partial charge in [0.2, 0.25) is 0 Å². The molecule has 0 heterocycles. The average molecular weight is 324 g/mol. The third-order valence-corrected chi connectivity index (χ3v) is 4.91. The Hall–Kier alpha value is -3.46. The maximum atomic E-state index is 13.1. The van der Waals surface area contributed by atoms with E-state index in [1.165, 1.54) is 6.07 Å². The molecule has 1 aliphatic rings. The van der Waals surface area contributed by atoms with Gasteiger partial charge in [0.1, 0.15) is 5.75 Å². The van der Waals surface area contributed by atoms with Gasteiger partial charge in [-0.1, -0.05) is 54.6 Å². The van der Waals surface area contributed by atoms with Crippen molar-refractivity contribution in [2.45, 2.75) is 0 Å². The molecule has 0 saturated heterocycles. The lowest BCUT2D eigenvalue weighted by Gasteiger charge is -2.20. The van der Waals surface area contributed by atoms with E-state index in [1.54, 1.807) is 18.2 Å². The number of phenols is 1. The van der Waals surface area contributed by atoms with E-state index in [0.717, 1.165) is 21.5 Å². The molecule has 0 atom stereocenters. The minimum atomic E-state index is -0.302. The lowest BCUT2D eigenvalue weighted by Crippen LogP contribution is -2.21. The average Bonchev–Trinajstić information content (AvgIpc) is 2.65. The van der Waals surface area contributed by atoms with Crippen molar-refractivity contribution in [2.75, 3.05) is 0 Å². The van der Waals surface area contributed by atoms with Crippen LogP contribution >= 0.6 is 0 Å². The van der Waals surface area contributed by atoms with Crippen LogP contribution in [0.3, 0.4) is 0 Å². The number of benzene rings is 4. The number of hydrogen-bond acceptors (Lipinski definition) is 3. The summed E-state index contributed by atoms with van der Waals surface area (Å²) in [6.45, 7) is 0. The standard InChI is InChI=1S/C22H12O3/c23-18-7-3-6-16-20(18)22(25)19-15-9-8-12-4-1-2-5-13(12)14(15)10-11-17(19)21(16)24/h1-11,23H. The third kappa shape index (κ3) is 1.75. The zero-order chi connectivity index (χ0) is 17.1. The molecule has 0 aliphatic heterocycles. The van der Waals surface area contributed by atoms with Crippen molar-refractivity contribution in [2.24, 2.45) is 0 Å². The van der Waals surface area contributed by atoms with E-state index < -0.39 is 0 Å².